The van der Waals surface area contributed by atoms with Gasteiger partial charge >= 0.3 is 0 Å². The fourth-order valence-corrected chi connectivity index (χ4v) is 2.36. The van der Waals surface area contributed by atoms with E-state index in [4.69, 9.17) is 10.5 Å². The molecular weight excluding hydrogens is 308 g/mol. The molecule has 1 rings (SSSR count). The molecule has 1 aromatic carbocycles. The third kappa shape index (κ3) is 3.48. The Hall–Kier alpha value is -1.07. The van der Waals surface area contributed by atoms with Crippen LogP contribution >= 0.6 is 15.9 Å². The summed E-state index contributed by atoms with van der Waals surface area (Å²) in [5.74, 6) is 0.647. The highest BCUT2D eigenvalue weighted by Gasteiger charge is 2.33. The summed E-state index contributed by atoms with van der Waals surface area (Å²) in [4.78, 5) is 12.4. The molecule has 1 amide bonds. The lowest BCUT2D eigenvalue weighted by atomic mass is 9.81. The zero-order chi connectivity index (χ0) is 14.5. The molecule has 0 aromatic heterocycles. The molecule has 0 fully saturated rings. The molecule has 106 valence electrons. The first-order valence-electron chi connectivity index (χ1n) is 6.38. The SMILES string of the molecule is CCC(CC)(CN)C(=O)Nc1ccc(Br)c(OC)c1. The molecule has 0 bridgehead atoms. The minimum atomic E-state index is -0.500. The fourth-order valence-electron chi connectivity index (χ4n) is 1.95. The lowest BCUT2D eigenvalue weighted by molar-refractivity contribution is -0.125. The number of carbonyl (C=O) groups is 1. The summed E-state index contributed by atoms with van der Waals surface area (Å²) in [7, 11) is 1.59. The first-order valence-corrected chi connectivity index (χ1v) is 7.17. The number of nitrogens with one attached hydrogen (secondary N) is 1. The molecule has 0 aliphatic rings. The van der Waals surface area contributed by atoms with Gasteiger partial charge < -0.3 is 15.8 Å². The van der Waals surface area contributed by atoms with E-state index in [1.807, 2.05) is 26.0 Å². The quantitative estimate of drug-likeness (QED) is 0.843. The number of nitrogens with two attached hydrogens (primary N) is 1. The van der Waals surface area contributed by atoms with Gasteiger partial charge in [0.05, 0.1) is 17.0 Å². The van der Waals surface area contributed by atoms with E-state index in [-0.39, 0.29) is 5.91 Å². The van der Waals surface area contributed by atoms with Gasteiger partial charge in [0.1, 0.15) is 5.75 Å². The molecule has 0 spiro atoms. The van der Waals surface area contributed by atoms with Crippen LogP contribution in [-0.2, 0) is 4.79 Å². The lowest BCUT2D eigenvalue weighted by Gasteiger charge is -2.28. The second-order valence-corrected chi connectivity index (χ2v) is 5.35. The lowest BCUT2D eigenvalue weighted by Crippen LogP contribution is -2.41. The van der Waals surface area contributed by atoms with Crippen LogP contribution in [0.25, 0.3) is 0 Å². The molecule has 3 N–H and O–H groups in total. The molecular formula is C14H21BrN2O2. The molecule has 0 saturated heterocycles. The van der Waals surface area contributed by atoms with E-state index < -0.39 is 5.41 Å². The highest BCUT2D eigenvalue weighted by Crippen LogP contribution is 2.30. The third-order valence-corrected chi connectivity index (χ3v) is 4.29. The maximum atomic E-state index is 12.4. The molecule has 0 saturated carbocycles. The average molecular weight is 329 g/mol. The maximum absolute atomic E-state index is 12.4. The summed E-state index contributed by atoms with van der Waals surface area (Å²) in [5, 5.41) is 2.92. The first-order chi connectivity index (χ1) is 9.02. The van der Waals surface area contributed by atoms with Gasteiger partial charge in [-0.3, -0.25) is 4.79 Å². The number of methoxy groups -OCH3 is 1. The summed E-state index contributed by atoms with van der Waals surface area (Å²) in [5.41, 5.74) is 5.98. The van der Waals surface area contributed by atoms with E-state index in [1.54, 1.807) is 13.2 Å². The number of hydrogen-bond acceptors (Lipinski definition) is 3. The monoisotopic (exact) mass is 328 g/mol. The van der Waals surface area contributed by atoms with Gasteiger partial charge in [-0.2, -0.15) is 0 Å². The summed E-state index contributed by atoms with van der Waals surface area (Å²) >= 11 is 3.38. The van der Waals surface area contributed by atoms with Gasteiger partial charge in [-0.25, -0.2) is 0 Å². The van der Waals surface area contributed by atoms with Crippen molar-refractivity contribution in [2.45, 2.75) is 26.7 Å². The van der Waals surface area contributed by atoms with Gasteiger partial charge in [-0.05, 0) is 40.9 Å². The van der Waals surface area contributed by atoms with Gasteiger partial charge in [0, 0.05) is 18.3 Å². The van der Waals surface area contributed by atoms with E-state index in [2.05, 4.69) is 21.2 Å². The Kier molecular flexibility index (Phi) is 5.82. The number of ether oxygens (including phenoxy) is 1. The fraction of sp³-hybridized carbons (Fsp3) is 0.500. The molecule has 0 heterocycles. The van der Waals surface area contributed by atoms with E-state index in [9.17, 15) is 4.79 Å². The second-order valence-electron chi connectivity index (χ2n) is 4.50. The van der Waals surface area contributed by atoms with Crippen molar-refractivity contribution in [1.29, 1.82) is 0 Å². The van der Waals surface area contributed by atoms with Gasteiger partial charge in [-0.15, -0.1) is 0 Å². The zero-order valence-corrected chi connectivity index (χ0v) is 13.2. The average Bonchev–Trinajstić information content (AvgIpc) is 2.43. The number of benzene rings is 1. The van der Waals surface area contributed by atoms with Crippen molar-refractivity contribution in [3.63, 3.8) is 0 Å². The summed E-state index contributed by atoms with van der Waals surface area (Å²) in [6.45, 7) is 4.32. The van der Waals surface area contributed by atoms with Crippen LogP contribution in [0.1, 0.15) is 26.7 Å². The van der Waals surface area contributed by atoms with E-state index in [1.165, 1.54) is 0 Å². The highest BCUT2D eigenvalue weighted by atomic mass is 79.9. The molecule has 0 radical (unpaired) electrons. The normalized spacial score (nSPS) is 11.2. The van der Waals surface area contributed by atoms with Crippen LogP contribution < -0.4 is 15.8 Å². The summed E-state index contributed by atoms with van der Waals surface area (Å²) in [6, 6.07) is 5.46. The van der Waals surface area contributed by atoms with Crippen molar-refractivity contribution in [2.24, 2.45) is 11.1 Å². The zero-order valence-electron chi connectivity index (χ0n) is 11.6. The Morgan fingerprint density at radius 2 is 2.05 bits per heavy atom. The van der Waals surface area contributed by atoms with Crippen molar-refractivity contribution in [3.8, 4) is 5.75 Å². The van der Waals surface area contributed by atoms with Crippen molar-refractivity contribution in [2.75, 3.05) is 19.0 Å². The number of amides is 1. The Balaban J connectivity index is 2.93. The number of anilines is 1. The largest absolute Gasteiger partial charge is 0.495 e. The summed E-state index contributed by atoms with van der Waals surface area (Å²) in [6.07, 6.45) is 1.44. The van der Waals surface area contributed by atoms with E-state index in [0.717, 1.165) is 17.3 Å². The minimum Gasteiger partial charge on any atom is -0.495 e. The van der Waals surface area contributed by atoms with E-state index in [0.29, 0.717) is 18.0 Å². The van der Waals surface area contributed by atoms with Crippen LogP contribution in [0.15, 0.2) is 22.7 Å². The Bertz CT molecular complexity index is 437. The predicted molar refractivity (Wildman–Crippen MR) is 81.4 cm³/mol. The topological polar surface area (TPSA) is 64.4 Å². The second kappa shape index (κ2) is 6.91. The molecule has 19 heavy (non-hydrogen) atoms. The smallest absolute Gasteiger partial charge is 0.231 e. The van der Waals surface area contributed by atoms with Crippen LogP contribution in [0.4, 0.5) is 5.69 Å². The van der Waals surface area contributed by atoms with Gasteiger partial charge in [0.2, 0.25) is 5.91 Å². The van der Waals surface area contributed by atoms with Crippen LogP contribution in [0.2, 0.25) is 0 Å². The first kappa shape index (κ1) is 16.0. The van der Waals surface area contributed by atoms with Crippen LogP contribution in [0.3, 0.4) is 0 Å². The Morgan fingerprint density at radius 1 is 1.42 bits per heavy atom. The molecule has 0 atom stereocenters. The summed E-state index contributed by atoms with van der Waals surface area (Å²) < 4.78 is 6.06. The van der Waals surface area contributed by atoms with Crippen molar-refractivity contribution >= 4 is 27.5 Å². The van der Waals surface area contributed by atoms with Gasteiger partial charge in [0.25, 0.3) is 0 Å². The highest BCUT2D eigenvalue weighted by molar-refractivity contribution is 9.10. The number of rotatable bonds is 6. The molecule has 1 aromatic rings. The molecule has 0 unspecified atom stereocenters. The van der Waals surface area contributed by atoms with Gasteiger partial charge in [0.15, 0.2) is 0 Å². The number of halogens is 1. The van der Waals surface area contributed by atoms with Crippen molar-refractivity contribution in [3.05, 3.63) is 22.7 Å². The van der Waals surface area contributed by atoms with Gasteiger partial charge in [-0.1, -0.05) is 13.8 Å². The molecule has 0 aliphatic heterocycles. The van der Waals surface area contributed by atoms with E-state index >= 15 is 0 Å². The third-order valence-electron chi connectivity index (χ3n) is 3.63. The van der Waals surface area contributed by atoms with Crippen LogP contribution in [0.5, 0.6) is 5.75 Å². The predicted octanol–water partition coefficient (Wildman–Crippen LogP) is 3.16. The Morgan fingerprint density at radius 3 is 2.53 bits per heavy atom. The molecule has 0 aliphatic carbocycles. The molecule has 5 heteroatoms. The van der Waals surface area contributed by atoms with Crippen LogP contribution in [-0.4, -0.2) is 19.6 Å². The Labute approximate surface area is 122 Å². The maximum Gasteiger partial charge on any atom is 0.231 e. The number of hydrogen-bond donors (Lipinski definition) is 2. The van der Waals surface area contributed by atoms with Crippen molar-refractivity contribution in [1.82, 2.24) is 0 Å². The molecule has 4 nitrogen and oxygen atoms in total. The minimum absolute atomic E-state index is 0.0376. The number of carbonyl (C=O) groups excluding carboxylic acids is 1. The standard InChI is InChI=1S/C14H21BrN2O2/c1-4-14(5-2,9-16)13(18)17-10-6-7-11(15)12(8-10)19-3/h6-8H,4-5,9,16H2,1-3H3,(H,17,18). The van der Waals surface area contributed by atoms with Crippen LogP contribution in [0, 0.1) is 5.41 Å². The van der Waals surface area contributed by atoms with Crippen molar-refractivity contribution < 1.29 is 9.53 Å².